The Bertz CT molecular complexity index is 851. The Balaban J connectivity index is 0.00000341. The number of furan rings is 1. The molecule has 1 amide bonds. The quantitative estimate of drug-likeness (QED) is 0.231. The van der Waals surface area contributed by atoms with Gasteiger partial charge in [0.05, 0.1) is 13.4 Å². The maximum absolute atomic E-state index is 12.1. The van der Waals surface area contributed by atoms with Gasteiger partial charge in [0.2, 0.25) is 0 Å². The number of aliphatic imine (C=N–C) groups is 1. The van der Waals surface area contributed by atoms with Gasteiger partial charge < -0.3 is 24.7 Å². The predicted molar refractivity (Wildman–Crippen MR) is 134 cm³/mol. The topological polar surface area (TPSA) is 79.1 Å². The Morgan fingerprint density at radius 1 is 1.26 bits per heavy atom. The standard InChI is InChI=1S/C23H32N4O3.HI/c1-4-24-23(26-13-5-12-25-22(28)21-17(2)11-15-30-21)27-14-10-19(16-27)18-6-8-20(29-3)9-7-18;/h6-9,11,15,19H,4-5,10,12-14,16H2,1-3H3,(H,24,26)(H,25,28);1H. The first-order chi connectivity index (χ1) is 14.6. The van der Waals surface area contributed by atoms with Crippen LogP contribution in [-0.2, 0) is 0 Å². The SMILES string of the molecule is CCNC(=NCCCNC(=O)c1occc1C)N1CCC(c2ccc(OC)cc2)C1.I. The van der Waals surface area contributed by atoms with Gasteiger partial charge in [-0.2, -0.15) is 0 Å². The molecule has 0 radical (unpaired) electrons. The molecular weight excluding hydrogens is 507 g/mol. The van der Waals surface area contributed by atoms with E-state index in [9.17, 15) is 4.79 Å². The van der Waals surface area contributed by atoms with Crippen LogP contribution in [0, 0.1) is 6.92 Å². The van der Waals surface area contributed by atoms with E-state index in [4.69, 9.17) is 14.1 Å². The Hall–Kier alpha value is -2.23. The summed E-state index contributed by atoms with van der Waals surface area (Å²) in [6.45, 7) is 7.93. The van der Waals surface area contributed by atoms with Gasteiger partial charge in [0.1, 0.15) is 5.75 Å². The Labute approximate surface area is 201 Å². The molecule has 1 fully saturated rings. The van der Waals surface area contributed by atoms with Gasteiger partial charge >= 0.3 is 0 Å². The third-order valence-corrected chi connectivity index (χ3v) is 5.36. The van der Waals surface area contributed by atoms with Crippen molar-refractivity contribution in [2.75, 3.05) is 39.8 Å². The number of hydrogen-bond acceptors (Lipinski definition) is 4. The van der Waals surface area contributed by atoms with E-state index in [1.54, 1.807) is 13.2 Å². The Morgan fingerprint density at radius 3 is 2.68 bits per heavy atom. The molecule has 170 valence electrons. The number of carbonyl (C=O) groups excluding carboxylic acids is 1. The van der Waals surface area contributed by atoms with Crippen LogP contribution in [0.1, 0.15) is 47.4 Å². The summed E-state index contributed by atoms with van der Waals surface area (Å²) < 4.78 is 10.5. The number of carbonyl (C=O) groups is 1. The molecule has 8 heteroatoms. The maximum atomic E-state index is 12.1. The van der Waals surface area contributed by atoms with Crippen LogP contribution in [-0.4, -0.2) is 56.6 Å². The first kappa shape index (κ1) is 25.0. The summed E-state index contributed by atoms with van der Waals surface area (Å²) in [6, 6.07) is 10.1. The van der Waals surface area contributed by atoms with Crippen LogP contribution in [0.4, 0.5) is 0 Å². The lowest BCUT2D eigenvalue weighted by Crippen LogP contribution is -2.40. The normalized spacial score (nSPS) is 16.0. The van der Waals surface area contributed by atoms with Gasteiger partial charge in [0.25, 0.3) is 5.91 Å². The van der Waals surface area contributed by atoms with Crippen molar-refractivity contribution in [1.29, 1.82) is 0 Å². The number of amides is 1. The average molecular weight is 540 g/mol. The summed E-state index contributed by atoms with van der Waals surface area (Å²) in [4.78, 5) is 19.2. The van der Waals surface area contributed by atoms with E-state index in [-0.39, 0.29) is 29.9 Å². The highest BCUT2D eigenvalue weighted by molar-refractivity contribution is 14.0. The van der Waals surface area contributed by atoms with Crippen molar-refractivity contribution in [3.8, 4) is 5.75 Å². The van der Waals surface area contributed by atoms with Crippen molar-refractivity contribution in [2.24, 2.45) is 4.99 Å². The van der Waals surface area contributed by atoms with E-state index in [0.717, 1.165) is 49.7 Å². The second-order valence-electron chi connectivity index (χ2n) is 7.48. The number of likely N-dealkylation sites (tertiary alicyclic amines) is 1. The fourth-order valence-electron chi connectivity index (χ4n) is 3.68. The molecule has 1 aromatic carbocycles. The number of ether oxygens (including phenoxy) is 1. The molecule has 1 aromatic heterocycles. The second-order valence-corrected chi connectivity index (χ2v) is 7.48. The molecule has 1 aliphatic rings. The zero-order valence-corrected chi connectivity index (χ0v) is 20.8. The number of nitrogens with zero attached hydrogens (tertiary/aromatic N) is 2. The van der Waals surface area contributed by atoms with E-state index in [1.807, 2.05) is 19.1 Å². The predicted octanol–water partition coefficient (Wildman–Crippen LogP) is 3.79. The molecule has 1 atom stereocenters. The zero-order valence-electron chi connectivity index (χ0n) is 18.5. The van der Waals surface area contributed by atoms with E-state index in [0.29, 0.717) is 24.8 Å². The number of rotatable bonds is 8. The van der Waals surface area contributed by atoms with E-state index in [2.05, 4.69) is 34.6 Å². The first-order valence-electron chi connectivity index (χ1n) is 10.6. The fourth-order valence-corrected chi connectivity index (χ4v) is 3.68. The van der Waals surface area contributed by atoms with Gasteiger partial charge in [-0.05, 0) is 50.5 Å². The van der Waals surface area contributed by atoms with E-state index >= 15 is 0 Å². The molecule has 2 N–H and O–H groups in total. The Morgan fingerprint density at radius 2 is 2.03 bits per heavy atom. The molecule has 31 heavy (non-hydrogen) atoms. The van der Waals surface area contributed by atoms with E-state index in [1.165, 1.54) is 11.8 Å². The maximum Gasteiger partial charge on any atom is 0.287 e. The van der Waals surface area contributed by atoms with Gasteiger partial charge in [0.15, 0.2) is 11.7 Å². The van der Waals surface area contributed by atoms with Gasteiger partial charge in [-0.25, -0.2) is 0 Å². The molecule has 3 rings (SSSR count). The number of benzene rings is 1. The number of methoxy groups -OCH3 is 1. The number of halogens is 1. The molecule has 7 nitrogen and oxygen atoms in total. The summed E-state index contributed by atoms with van der Waals surface area (Å²) in [5, 5.41) is 6.29. The van der Waals surface area contributed by atoms with Crippen LogP contribution < -0.4 is 15.4 Å². The van der Waals surface area contributed by atoms with Crippen LogP contribution in [0.2, 0.25) is 0 Å². The third kappa shape index (κ3) is 6.88. The van der Waals surface area contributed by atoms with Gasteiger partial charge in [-0.15, -0.1) is 24.0 Å². The smallest absolute Gasteiger partial charge is 0.287 e. The highest BCUT2D eigenvalue weighted by atomic mass is 127. The largest absolute Gasteiger partial charge is 0.497 e. The molecule has 0 bridgehead atoms. The lowest BCUT2D eigenvalue weighted by molar-refractivity contribution is 0.0925. The number of guanidine groups is 1. The van der Waals surface area contributed by atoms with Crippen LogP contribution in [0.25, 0.3) is 0 Å². The summed E-state index contributed by atoms with van der Waals surface area (Å²) in [5.74, 6) is 2.54. The highest BCUT2D eigenvalue weighted by Crippen LogP contribution is 2.28. The molecule has 2 heterocycles. The number of aryl methyl sites for hydroxylation is 1. The highest BCUT2D eigenvalue weighted by Gasteiger charge is 2.26. The van der Waals surface area contributed by atoms with Gasteiger partial charge in [-0.1, -0.05) is 12.1 Å². The number of nitrogens with one attached hydrogen (secondary N) is 2. The van der Waals surface area contributed by atoms with E-state index < -0.39 is 0 Å². The van der Waals surface area contributed by atoms with Crippen molar-refractivity contribution in [3.63, 3.8) is 0 Å². The molecule has 0 saturated carbocycles. The van der Waals surface area contributed by atoms with Gasteiger partial charge in [-0.3, -0.25) is 9.79 Å². The molecular formula is C23H33IN4O3. The van der Waals surface area contributed by atoms with Gasteiger partial charge in [0, 0.05) is 44.2 Å². The molecule has 1 unspecified atom stereocenters. The molecule has 0 aliphatic carbocycles. The summed E-state index contributed by atoms with van der Waals surface area (Å²) in [6.07, 6.45) is 3.41. The molecule has 1 aliphatic heterocycles. The minimum atomic E-state index is -0.171. The van der Waals surface area contributed by atoms with Crippen molar-refractivity contribution in [3.05, 3.63) is 53.5 Å². The fraction of sp³-hybridized carbons (Fsp3) is 0.478. The van der Waals surface area contributed by atoms with Crippen LogP contribution in [0.3, 0.4) is 0 Å². The second kappa shape index (κ2) is 12.6. The summed E-state index contributed by atoms with van der Waals surface area (Å²) >= 11 is 0. The molecule has 0 spiro atoms. The third-order valence-electron chi connectivity index (χ3n) is 5.36. The van der Waals surface area contributed by atoms with Crippen molar-refractivity contribution < 1.29 is 13.9 Å². The summed E-state index contributed by atoms with van der Waals surface area (Å²) in [7, 11) is 1.69. The van der Waals surface area contributed by atoms with Crippen LogP contribution >= 0.6 is 24.0 Å². The first-order valence-corrected chi connectivity index (χ1v) is 10.6. The monoisotopic (exact) mass is 540 g/mol. The van der Waals surface area contributed by atoms with Crippen LogP contribution in [0.5, 0.6) is 5.75 Å². The molecule has 1 saturated heterocycles. The lowest BCUT2D eigenvalue weighted by atomic mass is 9.98. The number of hydrogen-bond donors (Lipinski definition) is 2. The lowest BCUT2D eigenvalue weighted by Gasteiger charge is -2.22. The van der Waals surface area contributed by atoms with Crippen molar-refractivity contribution in [1.82, 2.24) is 15.5 Å². The minimum Gasteiger partial charge on any atom is -0.497 e. The zero-order chi connectivity index (χ0) is 21.3. The summed E-state index contributed by atoms with van der Waals surface area (Å²) in [5.41, 5.74) is 2.19. The van der Waals surface area contributed by atoms with Crippen molar-refractivity contribution in [2.45, 2.75) is 32.6 Å². The minimum absolute atomic E-state index is 0. The average Bonchev–Trinajstić information content (AvgIpc) is 3.42. The van der Waals surface area contributed by atoms with Crippen LogP contribution in [0.15, 0.2) is 46.0 Å². The Kier molecular flexibility index (Phi) is 10.2. The van der Waals surface area contributed by atoms with Crippen molar-refractivity contribution >= 4 is 35.8 Å². The molecule has 2 aromatic rings.